The lowest BCUT2D eigenvalue weighted by molar-refractivity contribution is 0.0608. The molecule has 0 saturated carbocycles. The van der Waals surface area contributed by atoms with Crippen molar-refractivity contribution >= 4 is 0 Å². The fourth-order valence-corrected chi connectivity index (χ4v) is 1.03. The van der Waals surface area contributed by atoms with Crippen LogP contribution in [-0.4, -0.2) is 6.61 Å². The first-order valence-corrected chi connectivity index (χ1v) is 4.23. The zero-order valence-electron chi connectivity index (χ0n) is 7.93. The van der Waals surface area contributed by atoms with E-state index in [0.717, 1.165) is 18.2 Å². The van der Waals surface area contributed by atoms with Crippen LogP contribution in [0.15, 0.2) is 18.2 Å². The largest absolute Gasteiger partial charge is 0.491 e. The molecule has 0 radical (unpaired) electrons. The van der Waals surface area contributed by atoms with Crippen LogP contribution >= 0.6 is 0 Å². The van der Waals surface area contributed by atoms with Crippen LogP contribution in [0.25, 0.3) is 0 Å². The Labute approximate surface area is 84.9 Å². The molecule has 0 fully saturated rings. The highest BCUT2D eigenvalue weighted by atomic mass is 19.3. The maximum absolute atomic E-state index is 13.1. The average molecular weight is 215 g/mol. The third-order valence-corrected chi connectivity index (χ3v) is 1.73. The number of hydrogen-bond donors (Lipinski definition) is 0. The molecule has 80 valence electrons. The number of alkyl halides is 2. The second-order valence-electron chi connectivity index (χ2n) is 2.76. The van der Waals surface area contributed by atoms with Crippen molar-refractivity contribution in [3.8, 4) is 11.8 Å². The van der Waals surface area contributed by atoms with Gasteiger partial charge in [-0.15, -0.1) is 0 Å². The molecule has 1 aromatic carbocycles. The number of rotatable bonds is 3. The van der Waals surface area contributed by atoms with E-state index in [-0.39, 0.29) is 12.4 Å². The van der Waals surface area contributed by atoms with Crippen LogP contribution in [0.2, 0.25) is 0 Å². The fourth-order valence-electron chi connectivity index (χ4n) is 1.03. The first-order valence-electron chi connectivity index (χ1n) is 4.23. The Bertz CT molecular complexity index is 398. The predicted octanol–water partition coefficient (Wildman–Crippen LogP) is 2.84. The molecule has 0 bridgehead atoms. The summed E-state index contributed by atoms with van der Waals surface area (Å²) in [4.78, 5) is 0. The van der Waals surface area contributed by atoms with E-state index in [1.165, 1.54) is 0 Å². The molecule has 0 aliphatic rings. The van der Waals surface area contributed by atoms with Crippen molar-refractivity contribution in [2.24, 2.45) is 0 Å². The Morgan fingerprint density at radius 3 is 2.60 bits per heavy atom. The van der Waals surface area contributed by atoms with E-state index in [0.29, 0.717) is 6.07 Å². The van der Waals surface area contributed by atoms with E-state index in [1.807, 2.05) is 0 Å². The van der Waals surface area contributed by atoms with Crippen molar-refractivity contribution in [3.63, 3.8) is 0 Å². The maximum atomic E-state index is 13.1. The molecule has 0 spiro atoms. The Kier molecular flexibility index (Phi) is 3.20. The summed E-state index contributed by atoms with van der Waals surface area (Å²) < 4.78 is 43.6. The molecule has 0 N–H and O–H groups in total. The van der Waals surface area contributed by atoms with Crippen molar-refractivity contribution in [2.75, 3.05) is 6.61 Å². The van der Waals surface area contributed by atoms with Gasteiger partial charge in [-0.25, -0.2) is 4.39 Å². The molecule has 0 atom stereocenters. The van der Waals surface area contributed by atoms with Crippen molar-refractivity contribution in [1.82, 2.24) is 0 Å². The van der Waals surface area contributed by atoms with Gasteiger partial charge in [0, 0.05) is 5.56 Å². The highest BCUT2D eigenvalue weighted by Gasteiger charge is 2.31. The SMILES string of the molecule is CCOc1ccc(C(F)(F)C#N)cc1F. The van der Waals surface area contributed by atoms with Crippen LogP contribution in [0.5, 0.6) is 5.75 Å². The highest BCUT2D eigenvalue weighted by molar-refractivity contribution is 5.34. The Hall–Kier alpha value is -1.70. The van der Waals surface area contributed by atoms with E-state index in [9.17, 15) is 13.2 Å². The number of nitrogens with zero attached hydrogens (tertiary/aromatic N) is 1. The van der Waals surface area contributed by atoms with E-state index in [2.05, 4.69) is 0 Å². The van der Waals surface area contributed by atoms with Crippen LogP contribution in [0.1, 0.15) is 12.5 Å². The average Bonchev–Trinajstić information content (AvgIpc) is 2.21. The van der Waals surface area contributed by atoms with Crippen LogP contribution in [-0.2, 0) is 5.92 Å². The first-order chi connectivity index (χ1) is 7.01. The quantitative estimate of drug-likeness (QED) is 0.776. The summed E-state index contributed by atoms with van der Waals surface area (Å²) in [5.41, 5.74) is -0.675. The molecule has 1 aromatic rings. The monoisotopic (exact) mass is 215 g/mol. The van der Waals surface area contributed by atoms with Gasteiger partial charge in [0.25, 0.3) is 0 Å². The molecular formula is C10H8F3NO. The van der Waals surface area contributed by atoms with Crippen molar-refractivity contribution < 1.29 is 17.9 Å². The van der Waals surface area contributed by atoms with Crippen LogP contribution in [0.3, 0.4) is 0 Å². The zero-order valence-corrected chi connectivity index (χ0v) is 7.93. The van der Waals surface area contributed by atoms with Crippen LogP contribution in [0, 0.1) is 17.1 Å². The minimum atomic E-state index is -3.68. The zero-order chi connectivity index (χ0) is 11.5. The lowest BCUT2D eigenvalue weighted by Gasteiger charge is -2.09. The number of ether oxygens (including phenoxy) is 1. The smallest absolute Gasteiger partial charge is 0.357 e. The molecule has 0 heterocycles. The predicted molar refractivity (Wildman–Crippen MR) is 47.1 cm³/mol. The van der Waals surface area contributed by atoms with Crippen molar-refractivity contribution in [3.05, 3.63) is 29.6 Å². The fraction of sp³-hybridized carbons (Fsp3) is 0.300. The summed E-state index contributed by atoms with van der Waals surface area (Å²) in [6, 6.07) is 3.45. The van der Waals surface area contributed by atoms with Crippen molar-refractivity contribution in [2.45, 2.75) is 12.8 Å². The van der Waals surface area contributed by atoms with Gasteiger partial charge in [0.15, 0.2) is 11.6 Å². The second kappa shape index (κ2) is 4.22. The minimum Gasteiger partial charge on any atom is -0.491 e. The summed E-state index contributed by atoms with van der Waals surface area (Å²) in [7, 11) is 0. The molecule has 0 aliphatic heterocycles. The summed E-state index contributed by atoms with van der Waals surface area (Å²) in [5, 5.41) is 8.16. The molecule has 15 heavy (non-hydrogen) atoms. The molecule has 0 aliphatic carbocycles. The number of nitriles is 1. The molecular weight excluding hydrogens is 207 g/mol. The topological polar surface area (TPSA) is 33.0 Å². The Balaban J connectivity index is 3.08. The number of halogens is 3. The molecule has 0 unspecified atom stereocenters. The third-order valence-electron chi connectivity index (χ3n) is 1.73. The van der Waals surface area contributed by atoms with Gasteiger partial charge in [0.2, 0.25) is 0 Å². The summed E-state index contributed by atoms with van der Waals surface area (Å²) >= 11 is 0. The summed E-state index contributed by atoms with van der Waals surface area (Å²) in [6.45, 7) is 1.89. The van der Waals surface area contributed by atoms with E-state index in [4.69, 9.17) is 10.00 Å². The molecule has 0 saturated heterocycles. The van der Waals surface area contributed by atoms with Gasteiger partial charge < -0.3 is 4.74 Å². The number of benzene rings is 1. The molecule has 5 heteroatoms. The van der Waals surface area contributed by atoms with Crippen molar-refractivity contribution in [1.29, 1.82) is 5.26 Å². The van der Waals surface area contributed by atoms with Gasteiger partial charge in [-0.1, -0.05) is 0 Å². The Morgan fingerprint density at radius 1 is 1.47 bits per heavy atom. The molecule has 2 nitrogen and oxygen atoms in total. The third kappa shape index (κ3) is 2.40. The standard InChI is InChI=1S/C10H8F3NO/c1-2-15-9-4-3-7(5-8(9)11)10(12,13)6-14/h3-5H,2H2,1H3. The number of hydrogen-bond acceptors (Lipinski definition) is 2. The van der Waals surface area contributed by atoms with Gasteiger partial charge in [-0.2, -0.15) is 14.0 Å². The van der Waals surface area contributed by atoms with Gasteiger partial charge in [-0.3, -0.25) is 0 Å². The van der Waals surface area contributed by atoms with Gasteiger partial charge >= 0.3 is 5.92 Å². The van der Waals surface area contributed by atoms with Crippen LogP contribution in [0.4, 0.5) is 13.2 Å². The van der Waals surface area contributed by atoms with Crippen LogP contribution < -0.4 is 4.74 Å². The molecule has 0 amide bonds. The van der Waals surface area contributed by atoms with E-state index < -0.39 is 17.3 Å². The lowest BCUT2D eigenvalue weighted by atomic mass is 10.1. The molecule has 0 aromatic heterocycles. The molecule has 1 rings (SSSR count). The van der Waals surface area contributed by atoms with Gasteiger partial charge in [0.1, 0.15) is 6.07 Å². The summed E-state index contributed by atoms with van der Waals surface area (Å²) in [6.07, 6.45) is 0. The summed E-state index contributed by atoms with van der Waals surface area (Å²) in [5.74, 6) is -4.68. The highest BCUT2D eigenvalue weighted by Crippen LogP contribution is 2.30. The second-order valence-corrected chi connectivity index (χ2v) is 2.76. The maximum Gasteiger partial charge on any atom is 0.357 e. The normalized spacial score (nSPS) is 10.9. The Morgan fingerprint density at radius 2 is 2.13 bits per heavy atom. The minimum absolute atomic E-state index is 0.102. The van der Waals surface area contributed by atoms with E-state index in [1.54, 1.807) is 6.92 Å². The van der Waals surface area contributed by atoms with E-state index >= 15 is 0 Å². The van der Waals surface area contributed by atoms with Gasteiger partial charge in [0.05, 0.1) is 6.61 Å². The lowest BCUT2D eigenvalue weighted by Crippen LogP contribution is -2.10. The first kappa shape index (κ1) is 11.4. The van der Waals surface area contributed by atoms with Gasteiger partial charge in [-0.05, 0) is 25.1 Å².